The van der Waals surface area contributed by atoms with Crippen molar-refractivity contribution in [2.75, 3.05) is 7.11 Å². The highest BCUT2D eigenvalue weighted by Gasteiger charge is 2.23. The third-order valence-electron chi connectivity index (χ3n) is 7.29. The van der Waals surface area contributed by atoms with Crippen molar-refractivity contribution in [1.29, 1.82) is 5.26 Å². The zero-order valence-electron chi connectivity index (χ0n) is 24.3. The SMILES string of the molecule is COC(=O)[C@H](Cc1ccc(-c2cccc(C(=O)O)c2)cc1)NC(=O)c1ccc(-c2nc3cc(C#N)cc(C(C)C)c3o2)cc1. The number of aromatic carboxylic acids is 1. The van der Waals surface area contributed by atoms with Gasteiger partial charge in [-0.25, -0.2) is 14.6 Å². The van der Waals surface area contributed by atoms with Crippen LogP contribution in [-0.2, 0) is 16.0 Å². The van der Waals surface area contributed by atoms with Crippen LogP contribution in [0.1, 0.15) is 57.2 Å². The molecule has 0 saturated heterocycles. The van der Waals surface area contributed by atoms with E-state index in [1.54, 1.807) is 42.5 Å². The molecule has 0 radical (unpaired) electrons. The van der Waals surface area contributed by atoms with Gasteiger partial charge in [0, 0.05) is 23.1 Å². The molecule has 1 amide bonds. The highest BCUT2D eigenvalue weighted by Crippen LogP contribution is 2.31. The van der Waals surface area contributed by atoms with E-state index in [1.165, 1.54) is 13.2 Å². The van der Waals surface area contributed by atoms with Gasteiger partial charge in [0.15, 0.2) is 5.58 Å². The van der Waals surface area contributed by atoms with E-state index in [4.69, 9.17) is 9.15 Å². The van der Waals surface area contributed by atoms with E-state index in [9.17, 15) is 24.8 Å². The Bertz CT molecular complexity index is 1900. The van der Waals surface area contributed by atoms with E-state index in [0.717, 1.165) is 22.3 Å². The summed E-state index contributed by atoms with van der Waals surface area (Å²) < 4.78 is 11.0. The largest absolute Gasteiger partial charge is 0.478 e. The summed E-state index contributed by atoms with van der Waals surface area (Å²) in [7, 11) is 1.26. The molecule has 9 nitrogen and oxygen atoms in total. The summed E-state index contributed by atoms with van der Waals surface area (Å²) in [5, 5.41) is 21.4. The second-order valence-corrected chi connectivity index (χ2v) is 10.6. The Labute approximate surface area is 253 Å². The maximum atomic E-state index is 13.1. The third kappa shape index (κ3) is 6.35. The Balaban J connectivity index is 1.31. The number of rotatable bonds is 9. The van der Waals surface area contributed by atoms with Crippen LogP contribution in [0.25, 0.3) is 33.7 Å². The number of hydrogen-bond acceptors (Lipinski definition) is 7. The maximum Gasteiger partial charge on any atom is 0.335 e. The van der Waals surface area contributed by atoms with E-state index in [0.29, 0.717) is 33.7 Å². The van der Waals surface area contributed by atoms with E-state index in [-0.39, 0.29) is 17.9 Å². The Morgan fingerprint density at radius 1 is 0.932 bits per heavy atom. The number of esters is 1. The zero-order valence-corrected chi connectivity index (χ0v) is 24.3. The number of fused-ring (bicyclic) bond motifs is 1. The van der Waals surface area contributed by atoms with Crippen LogP contribution in [0, 0.1) is 11.3 Å². The van der Waals surface area contributed by atoms with Gasteiger partial charge in [-0.15, -0.1) is 0 Å². The number of nitrogens with one attached hydrogen (secondary N) is 1. The van der Waals surface area contributed by atoms with Crippen LogP contribution in [-0.4, -0.2) is 41.1 Å². The molecule has 0 saturated carbocycles. The highest BCUT2D eigenvalue weighted by atomic mass is 16.5. The Morgan fingerprint density at radius 3 is 2.27 bits per heavy atom. The molecule has 0 unspecified atom stereocenters. The van der Waals surface area contributed by atoms with Crippen molar-refractivity contribution >= 4 is 28.9 Å². The van der Waals surface area contributed by atoms with Gasteiger partial charge in [-0.1, -0.05) is 50.2 Å². The molecule has 5 aromatic rings. The smallest absolute Gasteiger partial charge is 0.335 e. The average Bonchev–Trinajstić information content (AvgIpc) is 3.48. The Morgan fingerprint density at radius 2 is 1.64 bits per heavy atom. The first-order valence-corrected chi connectivity index (χ1v) is 13.9. The number of carboxylic acid groups (broad SMARTS) is 1. The molecule has 44 heavy (non-hydrogen) atoms. The number of carbonyl (C=O) groups excluding carboxylic acids is 2. The first-order valence-electron chi connectivity index (χ1n) is 13.9. The minimum atomic E-state index is -1.00. The van der Waals surface area contributed by atoms with Crippen LogP contribution < -0.4 is 5.32 Å². The number of amides is 1. The average molecular weight is 588 g/mol. The molecule has 0 aliphatic rings. The number of carbonyl (C=O) groups is 3. The quantitative estimate of drug-likeness (QED) is 0.189. The van der Waals surface area contributed by atoms with Gasteiger partial charge in [-0.2, -0.15) is 5.26 Å². The Hall–Kier alpha value is -5.75. The van der Waals surface area contributed by atoms with Gasteiger partial charge >= 0.3 is 11.9 Å². The van der Waals surface area contributed by atoms with Gasteiger partial charge in [-0.3, -0.25) is 4.79 Å². The molecule has 9 heteroatoms. The van der Waals surface area contributed by atoms with Gasteiger partial charge < -0.3 is 19.6 Å². The molecule has 220 valence electrons. The number of nitriles is 1. The minimum Gasteiger partial charge on any atom is -0.478 e. The summed E-state index contributed by atoms with van der Waals surface area (Å²) in [6, 6.07) is 25.3. The fraction of sp³-hybridized carbons (Fsp3) is 0.171. The standard InChI is InChI=1S/C35H29N3O6/c1-20(2)28-15-22(19-36)17-29-31(28)44-33(38-29)25-13-11-24(12-14-25)32(39)37-30(35(42)43-3)16-21-7-9-23(10-8-21)26-5-4-6-27(18-26)34(40)41/h4-15,17-18,20,30H,16H2,1-3H3,(H,37,39)(H,40,41)/t30-/m0/s1. The molecule has 5 rings (SSSR count). The number of ether oxygens (including phenoxy) is 1. The number of carboxylic acids is 1. The molecule has 0 fully saturated rings. The van der Waals surface area contributed by atoms with Gasteiger partial charge in [0.1, 0.15) is 11.6 Å². The maximum absolute atomic E-state index is 13.1. The number of benzene rings is 4. The molecule has 0 aliphatic carbocycles. The molecular formula is C35H29N3O6. The topological polar surface area (TPSA) is 143 Å². The second kappa shape index (κ2) is 12.6. The van der Waals surface area contributed by atoms with Crippen molar-refractivity contribution in [2.45, 2.75) is 32.2 Å². The van der Waals surface area contributed by atoms with Gasteiger partial charge in [0.25, 0.3) is 5.91 Å². The number of aromatic nitrogens is 1. The van der Waals surface area contributed by atoms with Crippen LogP contribution in [0.15, 0.2) is 89.3 Å². The number of oxazole rings is 1. The molecule has 1 heterocycles. The van der Waals surface area contributed by atoms with Gasteiger partial charge in [-0.05, 0) is 71.1 Å². The van der Waals surface area contributed by atoms with Crippen molar-refractivity contribution in [3.8, 4) is 28.7 Å². The van der Waals surface area contributed by atoms with Crippen LogP contribution in [0.2, 0.25) is 0 Å². The Kier molecular flexibility index (Phi) is 8.54. The van der Waals surface area contributed by atoms with Crippen molar-refractivity contribution in [2.24, 2.45) is 0 Å². The van der Waals surface area contributed by atoms with E-state index >= 15 is 0 Å². The predicted octanol–water partition coefficient (Wildman–Crippen LogP) is 6.37. The fourth-order valence-electron chi connectivity index (χ4n) is 4.92. The summed E-state index contributed by atoms with van der Waals surface area (Å²) in [4.78, 5) is 41.6. The molecule has 0 spiro atoms. The van der Waals surface area contributed by atoms with E-state index in [1.807, 2.05) is 50.2 Å². The molecule has 2 N–H and O–H groups in total. The zero-order chi connectivity index (χ0) is 31.4. The highest BCUT2D eigenvalue weighted by molar-refractivity contribution is 5.97. The van der Waals surface area contributed by atoms with Gasteiger partial charge in [0.05, 0.1) is 24.3 Å². The van der Waals surface area contributed by atoms with Gasteiger partial charge in [0.2, 0.25) is 5.89 Å². The molecule has 1 atom stereocenters. The predicted molar refractivity (Wildman–Crippen MR) is 164 cm³/mol. The van der Waals surface area contributed by atoms with Crippen LogP contribution in [0.4, 0.5) is 0 Å². The summed E-state index contributed by atoms with van der Waals surface area (Å²) in [5.74, 6) is -1.54. The van der Waals surface area contributed by atoms with E-state index < -0.39 is 23.9 Å². The first kappa shape index (κ1) is 29.7. The summed E-state index contributed by atoms with van der Waals surface area (Å²) >= 11 is 0. The molecule has 4 aromatic carbocycles. The first-order chi connectivity index (χ1) is 21.2. The fourth-order valence-corrected chi connectivity index (χ4v) is 4.92. The lowest BCUT2D eigenvalue weighted by Gasteiger charge is -2.17. The summed E-state index contributed by atoms with van der Waals surface area (Å²) in [6.07, 6.45) is 0.192. The third-order valence-corrected chi connectivity index (χ3v) is 7.29. The lowest BCUT2D eigenvalue weighted by molar-refractivity contribution is -0.142. The lowest BCUT2D eigenvalue weighted by atomic mass is 9.99. The van der Waals surface area contributed by atoms with Crippen molar-refractivity contribution in [1.82, 2.24) is 10.3 Å². The number of methoxy groups -OCH3 is 1. The number of hydrogen-bond donors (Lipinski definition) is 2. The summed E-state index contributed by atoms with van der Waals surface area (Å²) in [6.45, 7) is 4.04. The molecule has 0 bridgehead atoms. The van der Waals surface area contributed by atoms with Crippen LogP contribution in [0.5, 0.6) is 0 Å². The number of nitrogens with zero attached hydrogens (tertiary/aromatic N) is 2. The normalized spacial score (nSPS) is 11.6. The molecule has 0 aliphatic heterocycles. The van der Waals surface area contributed by atoms with Crippen molar-refractivity contribution < 1.29 is 28.6 Å². The van der Waals surface area contributed by atoms with Crippen molar-refractivity contribution in [3.05, 3.63) is 113 Å². The monoisotopic (exact) mass is 587 g/mol. The summed E-state index contributed by atoms with van der Waals surface area (Å²) in [5.41, 5.74) is 6.15. The molecule has 1 aromatic heterocycles. The van der Waals surface area contributed by atoms with E-state index in [2.05, 4.69) is 16.4 Å². The van der Waals surface area contributed by atoms with Crippen LogP contribution >= 0.6 is 0 Å². The second-order valence-electron chi connectivity index (χ2n) is 10.6. The lowest BCUT2D eigenvalue weighted by Crippen LogP contribution is -2.43. The minimum absolute atomic E-state index is 0.134. The molecular weight excluding hydrogens is 558 g/mol. The van der Waals surface area contributed by atoms with Crippen LogP contribution in [0.3, 0.4) is 0 Å². The van der Waals surface area contributed by atoms with Crippen molar-refractivity contribution in [3.63, 3.8) is 0 Å².